The van der Waals surface area contributed by atoms with Gasteiger partial charge in [0.15, 0.2) is 10.8 Å². The number of carboxylic acids is 1. The van der Waals surface area contributed by atoms with Crippen LogP contribution in [0.25, 0.3) is 0 Å². The van der Waals surface area contributed by atoms with Crippen molar-refractivity contribution in [2.45, 2.75) is 18.3 Å². The molecule has 3 rings (SSSR count). The molecule has 0 bridgehead atoms. The summed E-state index contributed by atoms with van der Waals surface area (Å²) in [6.07, 6.45) is 1.61. The molecule has 3 heterocycles. The Labute approximate surface area is 178 Å². The molecule has 12 nitrogen and oxygen atoms in total. The van der Waals surface area contributed by atoms with Gasteiger partial charge in [-0.2, -0.15) is 0 Å². The first-order chi connectivity index (χ1) is 14.3. The maximum atomic E-state index is 12.7. The fourth-order valence-electron chi connectivity index (χ4n) is 2.60. The van der Waals surface area contributed by atoms with Crippen molar-refractivity contribution in [3.63, 3.8) is 0 Å². The summed E-state index contributed by atoms with van der Waals surface area (Å²) in [4.78, 5) is 56.8. The summed E-state index contributed by atoms with van der Waals surface area (Å²) in [5.41, 5.74) is 6.16. The van der Waals surface area contributed by atoms with Crippen LogP contribution in [0.5, 0.6) is 0 Å². The number of aliphatic carboxylic acids is 1. The van der Waals surface area contributed by atoms with Crippen molar-refractivity contribution >= 4 is 57.7 Å². The molecule has 2 atom stereocenters. The molecule has 2 aliphatic heterocycles. The zero-order valence-corrected chi connectivity index (χ0v) is 17.2. The third kappa shape index (κ3) is 4.88. The summed E-state index contributed by atoms with van der Waals surface area (Å²) in [5, 5.41) is 16.1. The number of carbonyl (C=O) groups is 4. The topological polar surface area (TPSA) is 174 Å². The van der Waals surface area contributed by atoms with E-state index in [-0.39, 0.29) is 34.4 Å². The van der Waals surface area contributed by atoms with Gasteiger partial charge >= 0.3 is 11.9 Å². The number of nitrogens with two attached hydrogens (primary N) is 1. The van der Waals surface area contributed by atoms with E-state index in [1.807, 2.05) is 0 Å². The number of ether oxygens (including phenoxy) is 1. The lowest BCUT2D eigenvalue weighted by Gasteiger charge is -2.47. The Morgan fingerprint density at radius 1 is 1.47 bits per heavy atom. The average molecular weight is 455 g/mol. The van der Waals surface area contributed by atoms with E-state index in [9.17, 15) is 19.2 Å². The fourth-order valence-corrected chi connectivity index (χ4v) is 4.39. The van der Waals surface area contributed by atoms with Crippen LogP contribution >= 0.6 is 23.1 Å². The molecule has 2 aliphatic rings. The van der Waals surface area contributed by atoms with Crippen molar-refractivity contribution in [3.8, 4) is 0 Å². The lowest BCUT2D eigenvalue weighted by Crippen LogP contribution is -2.69. The summed E-state index contributed by atoms with van der Waals surface area (Å²) in [7, 11) is 0. The van der Waals surface area contributed by atoms with Gasteiger partial charge in [0.2, 0.25) is 6.61 Å². The molecule has 4 N–H and O–H groups in total. The first-order valence-corrected chi connectivity index (χ1v) is 10.4. The van der Waals surface area contributed by atoms with E-state index in [0.717, 1.165) is 16.9 Å². The van der Waals surface area contributed by atoms with Crippen LogP contribution in [0.2, 0.25) is 0 Å². The van der Waals surface area contributed by atoms with Gasteiger partial charge in [-0.1, -0.05) is 5.16 Å². The lowest BCUT2D eigenvalue weighted by molar-refractivity contribution is -0.144. The quantitative estimate of drug-likeness (QED) is 0.198. The summed E-state index contributed by atoms with van der Waals surface area (Å²) in [6, 6.07) is -0.810. The standard InChI is InChI=1S/C16H17N5O7S2/c1-7(22)27-3-8-2-21-14(26)12(15(21)29-5-8)19-13(25)11(20-28-4-10(23)24)9-6-30-16(17)18-9/h2,6,12,15H,3-5H2,1H3,(H2,17,18)(H,19,25)(H,23,24)/t12-,15-/m1/s1. The van der Waals surface area contributed by atoms with E-state index in [4.69, 9.17) is 15.6 Å². The maximum absolute atomic E-state index is 12.7. The van der Waals surface area contributed by atoms with Gasteiger partial charge in [-0.15, -0.1) is 23.1 Å². The summed E-state index contributed by atoms with van der Waals surface area (Å²) >= 11 is 2.47. The number of β-lactam (4-membered cyclic amide) rings is 1. The Morgan fingerprint density at radius 3 is 2.87 bits per heavy atom. The molecule has 0 aliphatic carbocycles. The number of carbonyl (C=O) groups excluding carboxylic acids is 3. The van der Waals surface area contributed by atoms with Crippen molar-refractivity contribution in [1.82, 2.24) is 15.2 Å². The van der Waals surface area contributed by atoms with Crippen LogP contribution < -0.4 is 11.1 Å². The number of hydrogen-bond acceptors (Lipinski definition) is 11. The molecular formula is C16H17N5O7S2. The van der Waals surface area contributed by atoms with Gasteiger partial charge < -0.3 is 30.6 Å². The molecule has 30 heavy (non-hydrogen) atoms. The number of nitrogen functional groups attached to an aromatic ring is 1. The number of carboxylic acid groups (broad SMARTS) is 1. The number of thiazole rings is 1. The van der Waals surface area contributed by atoms with Gasteiger partial charge in [-0.05, 0) is 5.57 Å². The summed E-state index contributed by atoms with van der Waals surface area (Å²) in [5.74, 6) is -2.25. The molecule has 0 spiro atoms. The normalized spacial score (nSPS) is 20.6. The molecule has 160 valence electrons. The number of nitrogens with zero attached hydrogens (tertiary/aromatic N) is 3. The number of anilines is 1. The number of esters is 1. The van der Waals surface area contributed by atoms with Crippen molar-refractivity contribution in [3.05, 3.63) is 22.8 Å². The Balaban J connectivity index is 1.67. The molecule has 0 aromatic carbocycles. The second-order valence-corrected chi connectivity index (χ2v) is 8.14. The highest BCUT2D eigenvalue weighted by Crippen LogP contribution is 2.36. The number of oxime groups is 1. The van der Waals surface area contributed by atoms with Crippen LogP contribution in [0, 0.1) is 0 Å². The van der Waals surface area contributed by atoms with Crippen LogP contribution in [0.1, 0.15) is 12.6 Å². The van der Waals surface area contributed by atoms with Gasteiger partial charge in [-0.25, -0.2) is 9.78 Å². The van der Waals surface area contributed by atoms with Crippen LogP contribution in [0.4, 0.5) is 5.13 Å². The third-order valence-corrected chi connectivity index (χ3v) is 5.96. The second kappa shape index (κ2) is 9.13. The van der Waals surface area contributed by atoms with Crippen molar-refractivity contribution < 1.29 is 33.9 Å². The molecule has 1 aromatic heterocycles. The van der Waals surface area contributed by atoms with Crippen LogP contribution in [-0.4, -0.2) is 74.8 Å². The summed E-state index contributed by atoms with van der Waals surface area (Å²) in [6.45, 7) is 0.648. The number of hydrogen-bond donors (Lipinski definition) is 3. The van der Waals surface area contributed by atoms with E-state index >= 15 is 0 Å². The second-order valence-electron chi connectivity index (χ2n) is 6.14. The number of fused-ring (bicyclic) bond motifs is 1. The zero-order valence-electron chi connectivity index (χ0n) is 15.6. The van der Waals surface area contributed by atoms with E-state index in [1.54, 1.807) is 6.20 Å². The minimum Gasteiger partial charge on any atom is -0.479 e. The average Bonchev–Trinajstić information content (AvgIpc) is 3.12. The van der Waals surface area contributed by atoms with Gasteiger partial charge in [0, 0.05) is 24.3 Å². The number of rotatable bonds is 8. The van der Waals surface area contributed by atoms with Crippen molar-refractivity contribution in [1.29, 1.82) is 0 Å². The van der Waals surface area contributed by atoms with Crippen molar-refractivity contribution in [2.75, 3.05) is 24.7 Å². The van der Waals surface area contributed by atoms with Crippen LogP contribution in [-0.2, 0) is 28.8 Å². The highest BCUT2D eigenvalue weighted by atomic mass is 32.2. The molecule has 0 radical (unpaired) electrons. The largest absolute Gasteiger partial charge is 0.479 e. The van der Waals surface area contributed by atoms with E-state index in [2.05, 4.69) is 20.3 Å². The van der Waals surface area contributed by atoms with Gasteiger partial charge in [0.1, 0.15) is 23.7 Å². The molecule has 1 aromatic rings. The predicted molar refractivity (Wildman–Crippen MR) is 106 cm³/mol. The van der Waals surface area contributed by atoms with E-state index in [1.165, 1.54) is 29.0 Å². The lowest BCUT2D eigenvalue weighted by atomic mass is 10.1. The molecule has 0 saturated carbocycles. The Morgan fingerprint density at radius 2 is 2.23 bits per heavy atom. The van der Waals surface area contributed by atoms with Crippen LogP contribution in [0.15, 0.2) is 22.3 Å². The first kappa shape index (κ1) is 21.6. The Bertz CT molecular complexity index is 944. The minimum absolute atomic E-state index is 0.0961. The van der Waals surface area contributed by atoms with Crippen LogP contribution in [0.3, 0.4) is 0 Å². The zero-order chi connectivity index (χ0) is 21.8. The Kier molecular flexibility index (Phi) is 6.56. The van der Waals surface area contributed by atoms with Crippen molar-refractivity contribution in [2.24, 2.45) is 5.16 Å². The molecule has 1 saturated heterocycles. The third-order valence-electron chi connectivity index (χ3n) is 3.91. The van der Waals surface area contributed by atoms with E-state index < -0.39 is 30.5 Å². The Hall–Kier alpha value is -3.13. The fraction of sp³-hybridized carbons (Fsp3) is 0.375. The minimum atomic E-state index is -1.27. The van der Waals surface area contributed by atoms with Gasteiger partial charge in [-0.3, -0.25) is 14.4 Å². The monoisotopic (exact) mass is 455 g/mol. The number of nitrogens with one attached hydrogen (secondary N) is 1. The van der Waals surface area contributed by atoms with E-state index in [0.29, 0.717) is 5.75 Å². The summed E-state index contributed by atoms with van der Waals surface area (Å²) < 4.78 is 4.94. The predicted octanol–water partition coefficient (Wildman–Crippen LogP) is -0.622. The van der Waals surface area contributed by atoms with Gasteiger partial charge in [0.05, 0.1) is 0 Å². The number of amides is 2. The highest BCUT2D eigenvalue weighted by Gasteiger charge is 2.49. The molecule has 0 unspecified atom stereocenters. The smallest absolute Gasteiger partial charge is 0.344 e. The molecule has 1 fully saturated rings. The highest BCUT2D eigenvalue weighted by molar-refractivity contribution is 8.00. The molecular weight excluding hydrogens is 438 g/mol. The van der Waals surface area contributed by atoms with Gasteiger partial charge in [0.25, 0.3) is 11.8 Å². The SMILES string of the molecule is CC(=O)OCC1=CN2C(=O)[C@@H](NC(=O)C(=NOCC(=O)O)c3csc(N)n3)[C@H]2SC1. The molecule has 14 heteroatoms. The maximum Gasteiger partial charge on any atom is 0.344 e. The number of thioether (sulfide) groups is 1. The molecule has 2 amide bonds. The first-order valence-electron chi connectivity index (χ1n) is 8.47. The number of aromatic nitrogens is 1.